The first-order chi connectivity index (χ1) is 13.6. The summed E-state index contributed by atoms with van der Waals surface area (Å²) >= 11 is 0. The number of rotatable bonds is 4. The molecule has 2 fully saturated rings. The van der Waals surface area contributed by atoms with Gasteiger partial charge in [0.05, 0.1) is 18.6 Å². The Balaban J connectivity index is 1.68. The normalized spacial score (nSPS) is 32.2. The molecule has 0 bridgehead atoms. The Morgan fingerprint density at radius 2 is 1.83 bits per heavy atom. The molecule has 3 heterocycles. The highest BCUT2D eigenvalue weighted by molar-refractivity contribution is 5.63. The van der Waals surface area contributed by atoms with E-state index in [2.05, 4.69) is 0 Å². The van der Waals surface area contributed by atoms with Gasteiger partial charge in [0.15, 0.2) is 11.6 Å². The maximum atomic E-state index is 11.9. The minimum absolute atomic E-state index is 0.111. The van der Waals surface area contributed by atoms with Gasteiger partial charge in [-0.2, -0.15) is 0 Å². The van der Waals surface area contributed by atoms with Crippen LogP contribution in [0.1, 0.15) is 33.3 Å². The zero-order valence-corrected chi connectivity index (χ0v) is 17.0. The number of hydrogen-bond donors (Lipinski definition) is 0. The van der Waals surface area contributed by atoms with Crippen LogP contribution in [-0.2, 0) is 18.9 Å². The molecule has 1 aromatic carbocycles. The fraction of sp³-hybridized carbons (Fsp3) is 0.600. The summed E-state index contributed by atoms with van der Waals surface area (Å²) in [5, 5.41) is 11.9. The number of nitro groups is 1. The van der Waals surface area contributed by atoms with Crippen LogP contribution >= 0.6 is 0 Å². The van der Waals surface area contributed by atoms with Gasteiger partial charge >= 0.3 is 0 Å². The van der Waals surface area contributed by atoms with Gasteiger partial charge in [0.1, 0.15) is 29.8 Å². The monoisotopic (exact) mass is 407 g/mol. The molecule has 0 unspecified atom stereocenters. The van der Waals surface area contributed by atoms with E-state index >= 15 is 0 Å². The lowest BCUT2D eigenvalue weighted by Crippen LogP contribution is -2.48. The standard InChI is InChI=1S/C20H25NO8/c1-19(2)25-10-15(27-19)17-18(29-20(3,4)28-17)16-13(21(22)23)9-11-8-12(24-5)6-7-14(11)26-16/h6-9,15-18H,10H2,1-5H3/t15-,16-,17-,18-/m0/s1. The van der Waals surface area contributed by atoms with Gasteiger partial charge in [-0.05, 0) is 45.9 Å². The van der Waals surface area contributed by atoms with Gasteiger partial charge in [-0.3, -0.25) is 10.1 Å². The molecule has 0 N–H and O–H groups in total. The fourth-order valence-electron chi connectivity index (χ4n) is 3.92. The maximum absolute atomic E-state index is 11.9. The average Bonchev–Trinajstić information content (AvgIpc) is 3.18. The second-order valence-electron chi connectivity index (χ2n) is 8.20. The van der Waals surface area contributed by atoms with Crippen LogP contribution in [0.25, 0.3) is 6.08 Å². The number of nitrogens with zero attached hydrogens (tertiary/aromatic N) is 1. The number of benzene rings is 1. The Morgan fingerprint density at radius 1 is 1.10 bits per heavy atom. The van der Waals surface area contributed by atoms with Crippen molar-refractivity contribution in [3.05, 3.63) is 39.6 Å². The molecule has 0 aromatic heterocycles. The predicted molar refractivity (Wildman–Crippen MR) is 101 cm³/mol. The molecule has 3 aliphatic rings. The Kier molecular flexibility index (Phi) is 4.81. The second kappa shape index (κ2) is 6.94. The van der Waals surface area contributed by atoms with E-state index in [1.165, 1.54) is 13.2 Å². The Hall–Kier alpha value is -2.20. The molecule has 1 aromatic rings. The van der Waals surface area contributed by atoms with E-state index in [0.717, 1.165) is 0 Å². The number of hydrogen-bond acceptors (Lipinski definition) is 8. The largest absolute Gasteiger partial charge is 0.497 e. The van der Waals surface area contributed by atoms with Crippen molar-refractivity contribution in [2.75, 3.05) is 13.7 Å². The molecule has 3 aliphatic heterocycles. The predicted octanol–water partition coefficient (Wildman–Crippen LogP) is 2.75. The van der Waals surface area contributed by atoms with Crippen molar-refractivity contribution < 1.29 is 33.3 Å². The summed E-state index contributed by atoms with van der Waals surface area (Å²) in [4.78, 5) is 11.4. The average molecular weight is 407 g/mol. The quantitative estimate of drug-likeness (QED) is 0.555. The van der Waals surface area contributed by atoms with E-state index in [1.807, 2.05) is 13.8 Å². The van der Waals surface area contributed by atoms with E-state index in [1.54, 1.807) is 32.0 Å². The third-order valence-electron chi connectivity index (χ3n) is 5.14. The van der Waals surface area contributed by atoms with Crippen LogP contribution in [0.15, 0.2) is 23.9 Å². The summed E-state index contributed by atoms with van der Waals surface area (Å²) in [6, 6.07) is 5.16. The zero-order chi connectivity index (χ0) is 21.0. The van der Waals surface area contributed by atoms with E-state index in [9.17, 15) is 10.1 Å². The highest BCUT2D eigenvalue weighted by Gasteiger charge is 2.56. The number of fused-ring (bicyclic) bond motifs is 1. The van der Waals surface area contributed by atoms with Gasteiger partial charge in [0, 0.05) is 11.6 Å². The van der Waals surface area contributed by atoms with Crippen LogP contribution in [0.2, 0.25) is 0 Å². The van der Waals surface area contributed by atoms with Crippen LogP contribution in [-0.4, -0.2) is 54.6 Å². The smallest absolute Gasteiger partial charge is 0.290 e. The molecule has 2 saturated heterocycles. The molecule has 0 amide bonds. The SMILES string of the molecule is COc1ccc2c(c1)C=C([N+](=O)[O-])[C@@H]([C@@H]1OC(C)(C)O[C@H]1[C@@H]1COC(C)(C)O1)O2. The lowest BCUT2D eigenvalue weighted by Gasteiger charge is -2.30. The third kappa shape index (κ3) is 3.83. The highest BCUT2D eigenvalue weighted by atomic mass is 16.8. The molecule has 4 rings (SSSR count). The zero-order valence-electron chi connectivity index (χ0n) is 17.0. The molecule has 4 atom stereocenters. The van der Waals surface area contributed by atoms with E-state index in [4.69, 9.17) is 28.4 Å². The Bertz CT molecular complexity index is 849. The van der Waals surface area contributed by atoms with Gasteiger partial charge < -0.3 is 28.4 Å². The summed E-state index contributed by atoms with van der Waals surface area (Å²) in [6.45, 7) is 7.44. The molecular formula is C20H25NO8. The van der Waals surface area contributed by atoms with Crippen molar-refractivity contribution in [2.24, 2.45) is 0 Å². The van der Waals surface area contributed by atoms with Crippen molar-refractivity contribution in [1.82, 2.24) is 0 Å². The first-order valence-electron chi connectivity index (χ1n) is 9.47. The Morgan fingerprint density at radius 3 is 2.45 bits per heavy atom. The molecule has 9 nitrogen and oxygen atoms in total. The van der Waals surface area contributed by atoms with Crippen LogP contribution in [0.5, 0.6) is 11.5 Å². The first kappa shape index (κ1) is 20.1. The van der Waals surface area contributed by atoms with Crippen molar-refractivity contribution >= 4 is 6.08 Å². The molecule has 0 saturated carbocycles. The molecule has 9 heteroatoms. The van der Waals surface area contributed by atoms with E-state index in [-0.39, 0.29) is 5.70 Å². The van der Waals surface area contributed by atoms with Crippen molar-refractivity contribution in [2.45, 2.75) is 63.7 Å². The molecule has 29 heavy (non-hydrogen) atoms. The van der Waals surface area contributed by atoms with Crippen molar-refractivity contribution in [3.8, 4) is 11.5 Å². The maximum Gasteiger partial charge on any atom is 0.290 e. The number of methoxy groups -OCH3 is 1. The van der Waals surface area contributed by atoms with Crippen LogP contribution in [0.4, 0.5) is 0 Å². The minimum atomic E-state index is -0.968. The lowest BCUT2D eigenvalue weighted by atomic mass is 9.97. The van der Waals surface area contributed by atoms with Gasteiger partial charge in [-0.15, -0.1) is 0 Å². The van der Waals surface area contributed by atoms with Crippen LogP contribution in [0.3, 0.4) is 0 Å². The van der Waals surface area contributed by atoms with E-state index in [0.29, 0.717) is 23.7 Å². The molecule has 0 radical (unpaired) electrons. The summed E-state index contributed by atoms with van der Waals surface area (Å²) in [5.41, 5.74) is 0.462. The first-order valence-corrected chi connectivity index (χ1v) is 9.47. The fourth-order valence-corrected chi connectivity index (χ4v) is 3.92. The minimum Gasteiger partial charge on any atom is -0.497 e. The van der Waals surface area contributed by atoms with Crippen LogP contribution in [0, 0.1) is 10.1 Å². The Labute approximate surface area is 168 Å². The van der Waals surface area contributed by atoms with Crippen molar-refractivity contribution in [3.63, 3.8) is 0 Å². The van der Waals surface area contributed by atoms with Gasteiger partial charge in [0.25, 0.3) is 5.70 Å². The molecular weight excluding hydrogens is 382 g/mol. The summed E-state index contributed by atoms with van der Waals surface area (Å²) in [7, 11) is 1.54. The summed E-state index contributed by atoms with van der Waals surface area (Å²) in [5.74, 6) is -0.610. The third-order valence-corrected chi connectivity index (χ3v) is 5.14. The lowest BCUT2D eigenvalue weighted by molar-refractivity contribution is -0.436. The number of ether oxygens (including phenoxy) is 6. The van der Waals surface area contributed by atoms with Crippen molar-refractivity contribution in [1.29, 1.82) is 0 Å². The summed E-state index contributed by atoms with van der Waals surface area (Å²) in [6.07, 6.45) is -1.26. The summed E-state index contributed by atoms with van der Waals surface area (Å²) < 4.78 is 35.0. The molecule has 0 spiro atoms. The van der Waals surface area contributed by atoms with Gasteiger partial charge in [-0.25, -0.2) is 0 Å². The highest BCUT2D eigenvalue weighted by Crippen LogP contribution is 2.42. The molecule has 158 valence electrons. The topological polar surface area (TPSA) is 98.5 Å². The second-order valence-corrected chi connectivity index (χ2v) is 8.20. The van der Waals surface area contributed by atoms with Gasteiger partial charge in [0.2, 0.25) is 6.10 Å². The van der Waals surface area contributed by atoms with Crippen LogP contribution < -0.4 is 9.47 Å². The van der Waals surface area contributed by atoms with E-state index < -0.39 is 40.9 Å². The molecule has 0 aliphatic carbocycles. The van der Waals surface area contributed by atoms with Gasteiger partial charge in [-0.1, -0.05) is 0 Å².